The summed E-state index contributed by atoms with van der Waals surface area (Å²) in [7, 11) is 0. The Morgan fingerprint density at radius 1 is 1.24 bits per heavy atom. The number of rotatable bonds is 5. The number of carbonyl (C=O) groups is 1. The third-order valence-corrected chi connectivity index (χ3v) is 10.8. The Balaban J connectivity index is 1.45. The zero-order valence-electron chi connectivity index (χ0n) is 22.9. The van der Waals surface area contributed by atoms with Crippen molar-refractivity contribution in [2.45, 2.75) is 83.7 Å². The van der Waals surface area contributed by atoms with Crippen molar-refractivity contribution in [3.63, 3.8) is 0 Å². The van der Waals surface area contributed by atoms with Crippen molar-refractivity contribution in [1.82, 2.24) is 4.98 Å². The summed E-state index contributed by atoms with van der Waals surface area (Å²) in [6, 6.07) is 8.96. The van der Waals surface area contributed by atoms with Crippen LogP contribution in [0, 0.1) is 24.2 Å². The largest absolute Gasteiger partial charge is 0.389 e. The molecule has 0 saturated heterocycles. The summed E-state index contributed by atoms with van der Waals surface area (Å²) in [6.45, 7) is 10.6. The van der Waals surface area contributed by atoms with Crippen molar-refractivity contribution in [3.8, 4) is 0 Å². The van der Waals surface area contributed by atoms with Gasteiger partial charge in [-0.05, 0) is 105 Å². The summed E-state index contributed by atoms with van der Waals surface area (Å²) >= 11 is 1.67. The van der Waals surface area contributed by atoms with Gasteiger partial charge in [0.15, 0.2) is 5.78 Å². The zero-order chi connectivity index (χ0) is 26.7. The molecule has 5 unspecified atom stereocenters. The molecule has 0 radical (unpaired) electrons. The van der Waals surface area contributed by atoms with Gasteiger partial charge in [-0.1, -0.05) is 48.4 Å². The predicted octanol–water partition coefficient (Wildman–Crippen LogP) is 8.22. The van der Waals surface area contributed by atoms with Crippen LogP contribution in [0.1, 0.15) is 93.0 Å². The highest BCUT2D eigenvalue weighted by atomic mass is 32.1. The van der Waals surface area contributed by atoms with Gasteiger partial charge in [-0.2, -0.15) is 0 Å². The minimum absolute atomic E-state index is 0.166. The second kappa shape index (κ2) is 9.57. The first-order chi connectivity index (χ1) is 18.2. The van der Waals surface area contributed by atoms with Crippen molar-refractivity contribution in [1.29, 1.82) is 0 Å². The van der Waals surface area contributed by atoms with Gasteiger partial charge in [0, 0.05) is 23.1 Å². The Hall–Kier alpha value is -2.56. The second-order valence-corrected chi connectivity index (χ2v) is 13.6. The lowest BCUT2D eigenvalue weighted by atomic mass is 9.50. The van der Waals surface area contributed by atoms with Crippen molar-refractivity contribution < 1.29 is 9.90 Å². The molecule has 3 nitrogen and oxygen atoms in total. The number of fused-ring (bicyclic) bond motifs is 4. The van der Waals surface area contributed by atoms with Gasteiger partial charge in [0.05, 0.1) is 16.3 Å². The van der Waals surface area contributed by atoms with Gasteiger partial charge in [-0.15, -0.1) is 17.9 Å². The number of allylic oxidation sites excluding steroid dienone is 4. The van der Waals surface area contributed by atoms with Gasteiger partial charge in [-0.25, -0.2) is 4.98 Å². The molecule has 2 aromatic rings. The Morgan fingerprint density at radius 3 is 2.84 bits per heavy atom. The predicted molar refractivity (Wildman–Crippen MR) is 157 cm³/mol. The number of thiazole rings is 1. The van der Waals surface area contributed by atoms with Crippen LogP contribution in [0.25, 0.3) is 12.2 Å². The third-order valence-electron chi connectivity index (χ3n) is 10.0. The molecule has 4 aliphatic rings. The number of aryl methyl sites for hydroxylation is 1. The van der Waals surface area contributed by atoms with Crippen LogP contribution in [0.5, 0.6) is 0 Å². The molecule has 0 bridgehead atoms. The van der Waals surface area contributed by atoms with E-state index >= 15 is 0 Å². The third kappa shape index (κ3) is 4.30. The number of aromatic nitrogens is 1. The van der Waals surface area contributed by atoms with Crippen LogP contribution in [0.15, 0.2) is 64.6 Å². The molecule has 0 spiro atoms. The number of carbonyl (C=O) groups excluding carboxylic acids is 1. The zero-order valence-corrected chi connectivity index (χ0v) is 23.7. The van der Waals surface area contributed by atoms with Gasteiger partial charge in [0.25, 0.3) is 0 Å². The lowest BCUT2D eigenvalue weighted by Gasteiger charge is -2.55. The summed E-state index contributed by atoms with van der Waals surface area (Å²) in [5, 5.41) is 15.3. The van der Waals surface area contributed by atoms with Crippen LogP contribution in [0.4, 0.5) is 0 Å². The molecular formula is C34H39NO2S. The Morgan fingerprint density at radius 2 is 2.08 bits per heavy atom. The van der Waals surface area contributed by atoms with Gasteiger partial charge in [0.2, 0.25) is 0 Å². The van der Waals surface area contributed by atoms with Crippen LogP contribution in [0.3, 0.4) is 0 Å². The van der Waals surface area contributed by atoms with E-state index in [1.165, 1.54) is 22.3 Å². The molecule has 4 heteroatoms. The molecule has 1 aromatic carbocycles. The number of nitrogens with zero attached hydrogens (tertiary/aromatic N) is 1. The second-order valence-electron chi connectivity index (χ2n) is 12.5. The number of ketones is 1. The monoisotopic (exact) mass is 525 g/mol. The highest BCUT2D eigenvalue weighted by molar-refractivity contribution is 7.09. The van der Waals surface area contributed by atoms with E-state index < -0.39 is 5.60 Å². The Kier molecular flexibility index (Phi) is 6.47. The van der Waals surface area contributed by atoms with Crippen LogP contribution < -0.4 is 0 Å². The van der Waals surface area contributed by atoms with E-state index in [4.69, 9.17) is 0 Å². The van der Waals surface area contributed by atoms with E-state index in [2.05, 4.69) is 67.2 Å². The summed E-state index contributed by atoms with van der Waals surface area (Å²) in [5.41, 5.74) is 8.02. The average molecular weight is 526 g/mol. The normalized spacial score (nSPS) is 32.7. The number of benzene rings is 1. The molecule has 2 saturated carbocycles. The van der Waals surface area contributed by atoms with E-state index in [1.807, 2.05) is 13.0 Å². The maximum atomic E-state index is 12.3. The minimum Gasteiger partial charge on any atom is -0.389 e. The van der Waals surface area contributed by atoms with Crippen molar-refractivity contribution in [3.05, 3.63) is 86.4 Å². The molecule has 1 N–H and O–H groups in total. The van der Waals surface area contributed by atoms with E-state index in [0.29, 0.717) is 24.7 Å². The quantitative estimate of drug-likeness (QED) is 0.400. The fourth-order valence-electron chi connectivity index (χ4n) is 8.36. The number of aliphatic hydroxyl groups is 1. The summed E-state index contributed by atoms with van der Waals surface area (Å²) in [5.74, 6) is 1.47. The lowest BCUT2D eigenvalue weighted by Crippen LogP contribution is -2.51. The van der Waals surface area contributed by atoms with Gasteiger partial charge >= 0.3 is 0 Å². The van der Waals surface area contributed by atoms with E-state index in [0.717, 1.165) is 54.8 Å². The van der Waals surface area contributed by atoms with Crippen LogP contribution in [-0.4, -0.2) is 21.5 Å². The van der Waals surface area contributed by atoms with Gasteiger partial charge in [-0.3, -0.25) is 4.79 Å². The van der Waals surface area contributed by atoms with Gasteiger partial charge in [0.1, 0.15) is 0 Å². The molecule has 4 aliphatic carbocycles. The maximum absolute atomic E-state index is 12.3. The molecule has 5 atom stereocenters. The molecular weight excluding hydrogens is 486 g/mol. The van der Waals surface area contributed by atoms with E-state index in [-0.39, 0.29) is 17.1 Å². The van der Waals surface area contributed by atoms with Crippen molar-refractivity contribution in [2.75, 3.05) is 0 Å². The molecule has 2 fully saturated rings. The van der Waals surface area contributed by atoms with Crippen molar-refractivity contribution in [2.24, 2.45) is 17.3 Å². The fourth-order valence-corrected chi connectivity index (χ4v) is 8.94. The molecule has 38 heavy (non-hydrogen) atoms. The summed E-state index contributed by atoms with van der Waals surface area (Å²) in [6.07, 6.45) is 13.3. The molecule has 198 valence electrons. The highest BCUT2D eigenvalue weighted by Gasteiger charge is 2.62. The lowest BCUT2D eigenvalue weighted by molar-refractivity contribution is -0.114. The van der Waals surface area contributed by atoms with Crippen molar-refractivity contribution >= 4 is 29.3 Å². The number of hydrogen-bond acceptors (Lipinski definition) is 4. The standard InChI is InChI=1S/C34H39NO2S/c1-21(2)18-34(37)15-14-31-29-12-9-25-17-27(36)11-13-28(25)32(29)30(19-33(31,34)4)24-7-5-6-23(16-24)8-10-26-20-38-22(3)35-26/h5-8,10,16-17,20,29-31,37H,1,9,11-15,18-19H2,2-4H3. The number of hydrogen-bond donors (Lipinski definition) is 1. The summed E-state index contributed by atoms with van der Waals surface area (Å²) < 4.78 is 0. The first-order valence-corrected chi connectivity index (χ1v) is 15.1. The smallest absolute Gasteiger partial charge is 0.156 e. The van der Waals surface area contributed by atoms with Gasteiger partial charge < -0.3 is 5.11 Å². The molecule has 0 amide bonds. The Labute approximate surface area is 231 Å². The fraction of sp³-hybridized carbons (Fsp3) is 0.471. The SMILES string of the molecule is C=C(C)CC1(O)CCC2C3CCC4=CC(=O)CCC4=C3C(c3cccc(C=Cc4csc(C)n4)c3)CC21C. The Bertz CT molecular complexity index is 1390. The van der Waals surface area contributed by atoms with Crippen LogP contribution >= 0.6 is 11.3 Å². The maximum Gasteiger partial charge on any atom is 0.156 e. The van der Waals surface area contributed by atoms with E-state index in [1.54, 1.807) is 16.9 Å². The summed E-state index contributed by atoms with van der Waals surface area (Å²) in [4.78, 5) is 16.9. The molecule has 1 heterocycles. The molecule has 0 aliphatic heterocycles. The molecule has 1 aromatic heterocycles. The van der Waals surface area contributed by atoms with Crippen LogP contribution in [0.2, 0.25) is 0 Å². The average Bonchev–Trinajstić information content (AvgIpc) is 3.41. The highest BCUT2D eigenvalue weighted by Crippen LogP contribution is 2.67. The first-order valence-electron chi connectivity index (χ1n) is 14.2. The first kappa shape index (κ1) is 25.7. The minimum atomic E-state index is -0.712. The van der Waals surface area contributed by atoms with E-state index in [9.17, 15) is 9.90 Å². The molecule has 6 rings (SSSR count). The van der Waals surface area contributed by atoms with Crippen LogP contribution in [-0.2, 0) is 4.79 Å². The topological polar surface area (TPSA) is 50.2 Å².